The van der Waals surface area contributed by atoms with Gasteiger partial charge < -0.3 is 0 Å². The maximum atomic E-state index is 4.08. The molecular formula is C22H35P. The Bertz CT molecular complexity index is 543. The normalized spacial score (nSPS) is 13.3. The average molecular weight is 330 g/mol. The highest BCUT2D eigenvalue weighted by Crippen LogP contribution is 2.45. The molecule has 1 aromatic carbocycles. The first-order valence-corrected chi connectivity index (χ1v) is 9.94. The van der Waals surface area contributed by atoms with Crippen LogP contribution in [0, 0.1) is 0 Å². The lowest BCUT2D eigenvalue weighted by Gasteiger charge is -2.35. The van der Waals surface area contributed by atoms with Gasteiger partial charge in [0, 0.05) is 0 Å². The monoisotopic (exact) mass is 330 g/mol. The van der Waals surface area contributed by atoms with E-state index in [2.05, 4.69) is 99.2 Å². The fourth-order valence-electron chi connectivity index (χ4n) is 2.75. The van der Waals surface area contributed by atoms with E-state index in [0.29, 0.717) is 0 Å². The molecule has 23 heavy (non-hydrogen) atoms. The van der Waals surface area contributed by atoms with Crippen molar-refractivity contribution in [2.24, 2.45) is 0 Å². The van der Waals surface area contributed by atoms with Crippen molar-refractivity contribution < 1.29 is 0 Å². The van der Waals surface area contributed by atoms with Crippen LogP contribution < -0.4 is 5.30 Å². The van der Waals surface area contributed by atoms with Gasteiger partial charge in [-0.3, -0.25) is 0 Å². The summed E-state index contributed by atoms with van der Waals surface area (Å²) in [6, 6.07) is 4.85. The van der Waals surface area contributed by atoms with Gasteiger partial charge >= 0.3 is 0 Å². The molecule has 0 nitrogen and oxygen atoms in total. The van der Waals surface area contributed by atoms with Crippen molar-refractivity contribution in [2.75, 3.05) is 0 Å². The third-order valence-electron chi connectivity index (χ3n) is 4.24. The van der Waals surface area contributed by atoms with Crippen LogP contribution in [0.4, 0.5) is 0 Å². The maximum Gasteiger partial charge on any atom is -0.00875 e. The van der Waals surface area contributed by atoms with Gasteiger partial charge in [-0.2, -0.15) is 0 Å². The molecule has 1 aromatic rings. The van der Waals surface area contributed by atoms with Crippen LogP contribution in [0.3, 0.4) is 0 Å². The topological polar surface area (TPSA) is 0 Å². The van der Waals surface area contributed by atoms with Gasteiger partial charge in [-0.05, 0) is 46.2 Å². The molecule has 0 aliphatic rings. The summed E-state index contributed by atoms with van der Waals surface area (Å²) in [4.78, 5) is 0. The van der Waals surface area contributed by atoms with Gasteiger partial charge in [0.05, 0.1) is 0 Å². The molecule has 0 radical (unpaired) electrons. The minimum Gasteiger partial charge on any atom is -0.0980 e. The second-order valence-corrected chi connectivity index (χ2v) is 11.4. The molecule has 0 aliphatic heterocycles. The van der Waals surface area contributed by atoms with Crippen molar-refractivity contribution in [3.63, 3.8) is 0 Å². The van der Waals surface area contributed by atoms with Crippen LogP contribution >= 0.6 is 7.92 Å². The average Bonchev–Trinajstić information content (AvgIpc) is 2.36. The molecule has 1 rings (SSSR count). The lowest BCUT2D eigenvalue weighted by molar-refractivity contribution is 0.553. The van der Waals surface area contributed by atoms with Gasteiger partial charge in [-0.25, -0.2) is 0 Å². The molecule has 128 valence electrons. The molecule has 0 aliphatic carbocycles. The van der Waals surface area contributed by atoms with E-state index in [4.69, 9.17) is 0 Å². The van der Waals surface area contributed by atoms with Gasteiger partial charge in [-0.1, -0.05) is 99.2 Å². The third-order valence-corrected chi connectivity index (χ3v) is 6.03. The zero-order valence-corrected chi connectivity index (χ0v) is 17.6. The van der Waals surface area contributed by atoms with Crippen molar-refractivity contribution >= 4 is 13.2 Å². The van der Waals surface area contributed by atoms with E-state index in [-0.39, 0.29) is 16.2 Å². The molecule has 0 amide bonds. The fraction of sp³-hybridized carbons (Fsp3) is 0.545. The minimum absolute atomic E-state index is 0.100. The van der Waals surface area contributed by atoms with Crippen LogP contribution in [0.2, 0.25) is 0 Å². The number of benzene rings is 1. The summed E-state index contributed by atoms with van der Waals surface area (Å²) in [6.07, 6.45) is 0. The van der Waals surface area contributed by atoms with E-state index in [0.717, 1.165) is 0 Å². The Balaban J connectivity index is 3.97. The molecule has 0 spiro atoms. The molecule has 0 heterocycles. The summed E-state index contributed by atoms with van der Waals surface area (Å²) >= 11 is 0. The summed E-state index contributed by atoms with van der Waals surface area (Å²) in [7, 11) is -0.542. The molecule has 0 N–H and O–H groups in total. The Morgan fingerprint density at radius 1 is 0.696 bits per heavy atom. The van der Waals surface area contributed by atoms with E-state index in [1.54, 1.807) is 0 Å². The Kier molecular flexibility index (Phi) is 5.75. The molecule has 0 fully saturated rings. The molecule has 0 bridgehead atoms. The van der Waals surface area contributed by atoms with Gasteiger partial charge in [0.15, 0.2) is 0 Å². The van der Waals surface area contributed by atoms with Gasteiger partial charge in [0.1, 0.15) is 0 Å². The predicted octanol–water partition coefficient (Wildman–Crippen LogP) is 6.97. The summed E-state index contributed by atoms with van der Waals surface area (Å²) in [5.74, 6) is 4.16. The van der Waals surface area contributed by atoms with E-state index < -0.39 is 7.92 Å². The molecule has 0 atom stereocenters. The van der Waals surface area contributed by atoms with Crippen LogP contribution in [-0.4, -0.2) is 0 Å². The Morgan fingerprint density at radius 2 is 1.04 bits per heavy atom. The van der Waals surface area contributed by atoms with Crippen molar-refractivity contribution in [1.29, 1.82) is 0 Å². The summed E-state index contributed by atoms with van der Waals surface area (Å²) in [6.45, 7) is 28.9. The van der Waals surface area contributed by atoms with E-state index in [1.165, 1.54) is 22.0 Å². The molecule has 0 aromatic heterocycles. The van der Waals surface area contributed by atoms with Gasteiger partial charge in [0.25, 0.3) is 0 Å². The molecule has 0 unspecified atom stereocenters. The van der Waals surface area contributed by atoms with E-state index >= 15 is 0 Å². The minimum atomic E-state index is -0.542. The first kappa shape index (κ1) is 20.2. The lowest BCUT2D eigenvalue weighted by atomic mass is 9.75. The largest absolute Gasteiger partial charge is 0.0980 e. The zero-order chi connectivity index (χ0) is 18.2. The Morgan fingerprint density at radius 3 is 1.26 bits per heavy atom. The van der Waals surface area contributed by atoms with Crippen molar-refractivity contribution in [2.45, 2.75) is 78.6 Å². The molecule has 1 heteroatoms. The lowest BCUT2D eigenvalue weighted by Crippen LogP contribution is -2.31. The molecule has 0 saturated carbocycles. The number of rotatable bonds is 3. The smallest absolute Gasteiger partial charge is 0.00875 e. The van der Waals surface area contributed by atoms with Crippen LogP contribution in [0.5, 0.6) is 0 Å². The summed E-state index contributed by atoms with van der Waals surface area (Å²) < 4.78 is 0. The predicted molar refractivity (Wildman–Crippen MR) is 109 cm³/mol. The van der Waals surface area contributed by atoms with Gasteiger partial charge in [-0.15, -0.1) is 0 Å². The highest BCUT2D eigenvalue weighted by Gasteiger charge is 2.30. The van der Waals surface area contributed by atoms with E-state index in [9.17, 15) is 0 Å². The first-order valence-electron chi connectivity index (χ1n) is 8.46. The first-order chi connectivity index (χ1) is 10.2. The van der Waals surface area contributed by atoms with Crippen LogP contribution in [0.15, 0.2) is 36.9 Å². The van der Waals surface area contributed by atoms with Crippen molar-refractivity contribution in [1.82, 2.24) is 0 Å². The highest BCUT2D eigenvalue weighted by atomic mass is 31.1. The summed E-state index contributed by atoms with van der Waals surface area (Å²) in [5.41, 5.74) is 4.65. The third kappa shape index (κ3) is 4.57. The van der Waals surface area contributed by atoms with E-state index in [1.807, 2.05) is 0 Å². The Hall–Kier alpha value is -0.870. The number of hydrogen-bond acceptors (Lipinski definition) is 0. The van der Waals surface area contributed by atoms with Crippen LogP contribution in [0.1, 0.15) is 79.0 Å². The zero-order valence-electron chi connectivity index (χ0n) is 16.7. The van der Waals surface area contributed by atoms with Crippen molar-refractivity contribution in [3.8, 4) is 0 Å². The second kappa shape index (κ2) is 6.56. The van der Waals surface area contributed by atoms with Crippen molar-refractivity contribution in [3.05, 3.63) is 53.6 Å². The SMILES string of the molecule is C=CP(C=C)c1c(C(C)(C)C)cc(C(C)(C)C)cc1C(C)(C)C. The molecular weight excluding hydrogens is 295 g/mol. The molecule has 0 saturated heterocycles. The quantitative estimate of drug-likeness (QED) is 0.525. The van der Waals surface area contributed by atoms with Gasteiger partial charge in [0.2, 0.25) is 0 Å². The summed E-state index contributed by atoms with van der Waals surface area (Å²) in [5, 5.41) is 1.46. The van der Waals surface area contributed by atoms with Crippen LogP contribution in [0.25, 0.3) is 0 Å². The Labute approximate surface area is 145 Å². The number of hydrogen-bond donors (Lipinski definition) is 0. The maximum absolute atomic E-state index is 4.08. The van der Waals surface area contributed by atoms with Crippen LogP contribution in [-0.2, 0) is 16.2 Å². The fourth-order valence-corrected chi connectivity index (χ4v) is 4.62. The second-order valence-electron chi connectivity index (χ2n) is 9.44. The standard InChI is InChI=1S/C22H35P/c1-12-23(13-2)19-17(21(6,7)8)14-16(20(3,4)5)15-18(19)22(9,10)11/h12-15H,1-2H2,3-11H3. The highest BCUT2D eigenvalue weighted by molar-refractivity contribution is 7.71.